The van der Waals surface area contributed by atoms with E-state index in [9.17, 15) is 26.4 Å². The summed E-state index contributed by atoms with van der Waals surface area (Å²) in [5.41, 5.74) is -5.01. The summed E-state index contributed by atoms with van der Waals surface area (Å²) in [5, 5.41) is 0. The normalized spacial score (nSPS) is 17.6. The first-order valence-electron chi connectivity index (χ1n) is 6.20. The number of hydrogen-bond donors (Lipinski definition) is 0. The number of carbonyl (C=O) groups excluding carboxylic acids is 1. The lowest BCUT2D eigenvalue weighted by Gasteiger charge is -2.32. The van der Waals surface area contributed by atoms with E-state index in [4.69, 9.17) is 4.74 Å². The fraction of sp³-hybridized carbons (Fsp3) is 0.462. The third-order valence-corrected chi connectivity index (χ3v) is 4.23. The monoisotopic (exact) mass is 338 g/mol. The van der Waals surface area contributed by atoms with Crippen LogP contribution in [0.15, 0.2) is 12.1 Å². The third-order valence-electron chi connectivity index (χ3n) is 3.25. The highest BCUT2D eigenvalue weighted by Crippen LogP contribution is 2.43. The minimum absolute atomic E-state index is 0.00799. The lowest BCUT2D eigenvalue weighted by Crippen LogP contribution is -2.32. The highest BCUT2D eigenvalue weighted by molar-refractivity contribution is 7.88. The molecule has 122 valence electrons. The Balaban J connectivity index is 2.50. The summed E-state index contributed by atoms with van der Waals surface area (Å²) >= 11 is 0. The predicted octanol–water partition coefficient (Wildman–Crippen LogP) is 2.81. The molecule has 1 aromatic carbocycles. The molecule has 9 heteroatoms. The van der Waals surface area contributed by atoms with E-state index in [1.807, 2.05) is 0 Å². The molecule has 0 aliphatic carbocycles. The maximum Gasteiger partial charge on any atom is 0.534 e. The zero-order valence-corrected chi connectivity index (χ0v) is 12.8. The molecule has 22 heavy (non-hydrogen) atoms. The van der Waals surface area contributed by atoms with Crippen molar-refractivity contribution in [1.82, 2.24) is 0 Å². The van der Waals surface area contributed by atoms with Gasteiger partial charge in [-0.3, -0.25) is 4.79 Å². The number of esters is 1. The number of benzene rings is 1. The van der Waals surface area contributed by atoms with Crippen LogP contribution in [0.4, 0.5) is 13.2 Å². The van der Waals surface area contributed by atoms with E-state index in [0.717, 1.165) is 6.07 Å². The van der Waals surface area contributed by atoms with Crippen molar-refractivity contribution in [2.75, 3.05) is 0 Å². The van der Waals surface area contributed by atoms with Crippen LogP contribution in [0, 0.1) is 6.92 Å². The summed E-state index contributed by atoms with van der Waals surface area (Å²) in [7, 11) is -5.78. The van der Waals surface area contributed by atoms with Crippen LogP contribution in [0.5, 0.6) is 11.5 Å². The van der Waals surface area contributed by atoms with Crippen LogP contribution >= 0.6 is 0 Å². The van der Waals surface area contributed by atoms with Crippen LogP contribution < -0.4 is 8.92 Å². The Morgan fingerprint density at radius 2 is 1.86 bits per heavy atom. The van der Waals surface area contributed by atoms with Gasteiger partial charge in [0.15, 0.2) is 0 Å². The second-order valence-corrected chi connectivity index (χ2v) is 7.17. The maximum atomic E-state index is 12.3. The Morgan fingerprint density at radius 1 is 1.27 bits per heavy atom. The van der Waals surface area contributed by atoms with Crippen LogP contribution in [0.2, 0.25) is 0 Å². The van der Waals surface area contributed by atoms with E-state index in [0.29, 0.717) is 11.1 Å². The van der Waals surface area contributed by atoms with Gasteiger partial charge in [0, 0.05) is 17.0 Å². The van der Waals surface area contributed by atoms with Crippen molar-refractivity contribution in [3.8, 4) is 11.5 Å². The zero-order valence-electron chi connectivity index (χ0n) is 11.9. The first-order valence-corrected chi connectivity index (χ1v) is 7.61. The smallest absolute Gasteiger partial charge is 0.426 e. The van der Waals surface area contributed by atoms with Gasteiger partial charge in [-0.05, 0) is 18.6 Å². The van der Waals surface area contributed by atoms with Gasteiger partial charge in [-0.1, -0.05) is 13.8 Å². The van der Waals surface area contributed by atoms with E-state index in [1.165, 1.54) is 6.07 Å². The van der Waals surface area contributed by atoms with Crippen molar-refractivity contribution in [3.05, 3.63) is 23.3 Å². The van der Waals surface area contributed by atoms with Crippen LogP contribution in [0.3, 0.4) is 0 Å². The molecule has 0 unspecified atom stereocenters. The van der Waals surface area contributed by atoms with Gasteiger partial charge in [-0.2, -0.15) is 21.6 Å². The van der Waals surface area contributed by atoms with E-state index in [2.05, 4.69) is 4.18 Å². The number of halogens is 3. The molecule has 1 aliphatic rings. The second-order valence-electron chi connectivity index (χ2n) is 5.63. The fourth-order valence-corrected chi connectivity index (χ4v) is 2.94. The van der Waals surface area contributed by atoms with Crippen molar-refractivity contribution in [1.29, 1.82) is 0 Å². The maximum absolute atomic E-state index is 12.3. The van der Waals surface area contributed by atoms with Gasteiger partial charge in [0.2, 0.25) is 0 Å². The predicted molar refractivity (Wildman–Crippen MR) is 70.1 cm³/mol. The van der Waals surface area contributed by atoms with Gasteiger partial charge >= 0.3 is 21.6 Å². The first-order chi connectivity index (χ1) is 9.83. The SMILES string of the molecule is Cc1cc(OS(=O)(=O)C(F)(F)F)cc2c1C(C)(C)CC(=O)O2. The average molecular weight is 338 g/mol. The summed E-state index contributed by atoms with van der Waals surface area (Å²) in [6, 6.07) is 2.15. The molecule has 1 aliphatic heterocycles. The molecule has 0 amide bonds. The number of fused-ring (bicyclic) bond motifs is 1. The molecule has 5 nitrogen and oxygen atoms in total. The number of aryl methyl sites for hydroxylation is 1. The Bertz CT molecular complexity index is 735. The van der Waals surface area contributed by atoms with Gasteiger partial charge in [0.1, 0.15) is 11.5 Å². The molecule has 0 saturated heterocycles. The summed E-state index contributed by atoms with van der Waals surface area (Å²) in [4.78, 5) is 11.5. The standard InChI is InChI=1S/C13H13F3O5S/c1-7-4-8(21-22(18,19)13(14,15)16)5-9-11(7)12(2,3)6-10(17)20-9/h4-5H,6H2,1-3H3. The van der Waals surface area contributed by atoms with E-state index < -0.39 is 32.8 Å². The fourth-order valence-electron chi connectivity index (χ4n) is 2.50. The Labute approximate surface area is 125 Å². The van der Waals surface area contributed by atoms with Crippen molar-refractivity contribution in [3.63, 3.8) is 0 Å². The summed E-state index contributed by atoms with van der Waals surface area (Å²) in [6.45, 7) is 5.14. The molecular formula is C13H13F3O5S. The molecule has 1 aromatic rings. The molecule has 0 radical (unpaired) electrons. The minimum Gasteiger partial charge on any atom is -0.426 e. The Hall–Kier alpha value is -1.77. The number of ether oxygens (including phenoxy) is 1. The molecule has 0 spiro atoms. The molecule has 0 bridgehead atoms. The van der Waals surface area contributed by atoms with Crippen molar-refractivity contribution < 1.29 is 35.3 Å². The van der Waals surface area contributed by atoms with Crippen LogP contribution in [0.1, 0.15) is 31.4 Å². The molecule has 1 heterocycles. The van der Waals surface area contributed by atoms with Crippen LogP contribution in [-0.4, -0.2) is 19.9 Å². The number of carbonyl (C=O) groups is 1. The van der Waals surface area contributed by atoms with E-state index in [-0.39, 0.29) is 12.2 Å². The third kappa shape index (κ3) is 2.90. The van der Waals surface area contributed by atoms with Crippen molar-refractivity contribution in [2.45, 2.75) is 38.1 Å². The van der Waals surface area contributed by atoms with E-state index >= 15 is 0 Å². The summed E-state index contributed by atoms with van der Waals surface area (Å²) in [5.74, 6) is -1.10. The molecule has 0 saturated carbocycles. The molecule has 0 atom stereocenters. The lowest BCUT2D eigenvalue weighted by atomic mass is 9.77. The van der Waals surface area contributed by atoms with Gasteiger partial charge < -0.3 is 8.92 Å². The lowest BCUT2D eigenvalue weighted by molar-refractivity contribution is -0.136. The number of alkyl halides is 3. The largest absolute Gasteiger partial charge is 0.534 e. The summed E-state index contributed by atoms with van der Waals surface area (Å²) in [6.07, 6.45) is 0.113. The Kier molecular flexibility index (Phi) is 3.67. The molecule has 2 rings (SSSR count). The van der Waals surface area contributed by atoms with Crippen LogP contribution in [-0.2, 0) is 20.3 Å². The van der Waals surface area contributed by atoms with Gasteiger partial charge in [0.05, 0.1) is 6.42 Å². The summed E-state index contributed by atoms with van der Waals surface area (Å²) < 4.78 is 68.2. The molecule has 0 fully saturated rings. The molecule has 0 aromatic heterocycles. The minimum atomic E-state index is -5.78. The van der Waals surface area contributed by atoms with Gasteiger partial charge in [0.25, 0.3) is 0 Å². The van der Waals surface area contributed by atoms with Crippen LogP contribution in [0.25, 0.3) is 0 Å². The highest BCUT2D eigenvalue weighted by Gasteiger charge is 2.48. The molecular weight excluding hydrogens is 325 g/mol. The topological polar surface area (TPSA) is 69.7 Å². The number of rotatable bonds is 2. The Morgan fingerprint density at radius 3 is 2.41 bits per heavy atom. The average Bonchev–Trinajstić information content (AvgIpc) is 2.22. The quantitative estimate of drug-likeness (QED) is 0.359. The van der Waals surface area contributed by atoms with Crippen molar-refractivity contribution in [2.24, 2.45) is 0 Å². The zero-order chi connectivity index (χ0) is 16.9. The van der Waals surface area contributed by atoms with Crippen molar-refractivity contribution >= 4 is 16.1 Å². The first kappa shape index (κ1) is 16.6. The number of hydrogen-bond acceptors (Lipinski definition) is 5. The second kappa shape index (κ2) is 4.87. The van der Waals surface area contributed by atoms with E-state index in [1.54, 1.807) is 20.8 Å². The van der Waals surface area contributed by atoms with Gasteiger partial charge in [-0.15, -0.1) is 0 Å². The highest BCUT2D eigenvalue weighted by atomic mass is 32.2. The van der Waals surface area contributed by atoms with Gasteiger partial charge in [-0.25, -0.2) is 0 Å². The molecule has 0 N–H and O–H groups in total.